The maximum atomic E-state index is 12.7. The molecule has 1 aliphatic carbocycles. The highest BCUT2D eigenvalue weighted by atomic mass is 35.5. The molecular formula is C22H25ClN8O2S. The van der Waals surface area contributed by atoms with Gasteiger partial charge in [-0.3, -0.25) is 4.79 Å². The van der Waals surface area contributed by atoms with Gasteiger partial charge in [-0.25, -0.2) is 15.0 Å². The Hall–Kier alpha value is -2.89. The van der Waals surface area contributed by atoms with Crippen molar-refractivity contribution in [2.45, 2.75) is 57.7 Å². The van der Waals surface area contributed by atoms with Crippen LogP contribution in [0.15, 0.2) is 30.9 Å². The average Bonchev–Trinajstić information content (AvgIpc) is 3.54. The van der Waals surface area contributed by atoms with E-state index in [0.29, 0.717) is 22.5 Å². The zero-order valence-electron chi connectivity index (χ0n) is 18.8. The van der Waals surface area contributed by atoms with Crippen LogP contribution in [0.3, 0.4) is 0 Å². The van der Waals surface area contributed by atoms with Crippen molar-refractivity contribution in [1.82, 2.24) is 39.8 Å². The van der Waals surface area contributed by atoms with Gasteiger partial charge in [0.15, 0.2) is 10.8 Å². The first-order valence-electron chi connectivity index (χ1n) is 11.2. The molecule has 1 amide bonds. The second kappa shape index (κ2) is 9.40. The molecule has 0 spiro atoms. The van der Waals surface area contributed by atoms with Gasteiger partial charge in [-0.2, -0.15) is 10.2 Å². The van der Waals surface area contributed by atoms with E-state index in [1.54, 1.807) is 18.6 Å². The van der Waals surface area contributed by atoms with E-state index in [2.05, 4.69) is 43.9 Å². The van der Waals surface area contributed by atoms with Gasteiger partial charge in [0.2, 0.25) is 0 Å². The summed E-state index contributed by atoms with van der Waals surface area (Å²) in [6, 6.07) is 1.24. The van der Waals surface area contributed by atoms with Gasteiger partial charge in [-0.1, -0.05) is 36.8 Å². The third kappa shape index (κ3) is 4.42. The molecule has 4 heterocycles. The van der Waals surface area contributed by atoms with Crippen molar-refractivity contribution >= 4 is 39.9 Å². The normalized spacial score (nSPS) is 20.8. The van der Waals surface area contributed by atoms with Crippen molar-refractivity contribution in [3.8, 4) is 5.82 Å². The van der Waals surface area contributed by atoms with E-state index >= 15 is 0 Å². The van der Waals surface area contributed by atoms with Crippen LogP contribution in [0.1, 0.15) is 54.8 Å². The molecule has 0 bridgehead atoms. The molecule has 4 aromatic heterocycles. The van der Waals surface area contributed by atoms with Crippen LogP contribution in [0, 0.1) is 5.92 Å². The van der Waals surface area contributed by atoms with E-state index < -0.39 is 12.1 Å². The van der Waals surface area contributed by atoms with Crippen LogP contribution in [0.5, 0.6) is 0 Å². The summed E-state index contributed by atoms with van der Waals surface area (Å²) >= 11 is 7.05. The Morgan fingerprint density at radius 3 is 2.76 bits per heavy atom. The average molecular weight is 501 g/mol. The molecule has 2 N–H and O–H groups in total. The van der Waals surface area contributed by atoms with E-state index in [4.69, 9.17) is 16.6 Å². The molecule has 12 heteroatoms. The molecule has 34 heavy (non-hydrogen) atoms. The van der Waals surface area contributed by atoms with Crippen molar-refractivity contribution in [1.29, 1.82) is 0 Å². The van der Waals surface area contributed by atoms with Crippen LogP contribution in [0.2, 0.25) is 4.34 Å². The summed E-state index contributed by atoms with van der Waals surface area (Å²) in [5, 5.41) is 23.0. The monoisotopic (exact) mass is 500 g/mol. The number of carbonyl (C=O) groups excluding carboxylic acids is 1. The number of hydrogen-bond acceptors (Lipinski definition) is 8. The maximum Gasteiger partial charge on any atom is 0.280 e. The number of halogens is 1. The van der Waals surface area contributed by atoms with E-state index in [1.807, 2.05) is 6.07 Å². The number of amides is 1. The minimum Gasteiger partial charge on any atom is -0.389 e. The number of carbonyl (C=O) groups is 1. The quantitative estimate of drug-likeness (QED) is 0.416. The van der Waals surface area contributed by atoms with Crippen LogP contribution in [-0.4, -0.2) is 57.7 Å². The summed E-state index contributed by atoms with van der Waals surface area (Å²) < 4.78 is 2.57. The lowest BCUT2D eigenvalue weighted by molar-refractivity contribution is 0.0402. The third-order valence-corrected chi connectivity index (χ3v) is 7.10. The highest BCUT2D eigenvalue weighted by Crippen LogP contribution is 2.34. The third-order valence-electron chi connectivity index (χ3n) is 5.99. The Labute approximate surface area is 205 Å². The Morgan fingerprint density at radius 1 is 1.26 bits per heavy atom. The van der Waals surface area contributed by atoms with Crippen molar-refractivity contribution in [2.75, 3.05) is 0 Å². The number of rotatable bonds is 6. The Balaban J connectivity index is 1.50. The van der Waals surface area contributed by atoms with E-state index in [0.717, 1.165) is 47.5 Å². The number of aromatic nitrogens is 7. The molecule has 0 unspecified atom stereocenters. The molecule has 5 rings (SSSR count). The summed E-state index contributed by atoms with van der Waals surface area (Å²) in [5.41, 5.74) is 1.61. The first kappa shape index (κ1) is 22.9. The Bertz CT molecular complexity index is 1300. The topological polar surface area (TPSA) is 124 Å². The number of hydrogen-bond donors (Lipinski definition) is 2. The molecule has 4 aromatic rings. The molecule has 0 saturated heterocycles. The van der Waals surface area contributed by atoms with Crippen molar-refractivity contribution in [3.63, 3.8) is 0 Å². The fourth-order valence-electron chi connectivity index (χ4n) is 4.55. The van der Waals surface area contributed by atoms with Crippen molar-refractivity contribution in [3.05, 3.63) is 46.0 Å². The van der Waals surface area contributed by atoms with Crippen LogP contribution >= 0.6 is 22.9 Å². The number of pyridine rings is 1. The van der Waals surface area contributed by atoms with Crippen molar-refractivity contribution in [2.24, 2.45) is 5.92 Å². The zero-order chi connectivity index (χ0) is 23.8. The largest absolute Gasteiger partial charge is 0.389 e. The van der Waals surface area contributed by atoms with Gasteiger partial charge in [0, 0.05) is 12.5 Å². The highest BCUT2D eigenvalue weighted by Gasteiger charge is 2.36. The van der Waals surface area contributed by atoms with Crippen LogP contribution in [0.25, 0.3) is 16.9 Å². The number of aliphatic hydroxyl groups is 1. The molecule has 1 fully saturated rings. The first-order chi connectivity index (χ1) is 16.4. The molecule has 0 aliphatic heterocycles. The first-order valence-corrected chi connectivity index (χ1v) is 12.4. The smallest absolute Gasteiger partial charge is 0.280 e. The highest BCUT2D eigenvalue weighted by molar-refractivity contribution is 7.17. The maximum absolute atomic E-state index is 12.7. The van der Waals surface area contributed by atoms with E-state index in [1.165, 1.54) is 11.0 Å². The Kier molecular flexibility index (Phi) is 6.32. The van der Waals surface area contributed by atoms with Gasteiger partial charge in [-0.15, -0.1) is 4.80 Å². The molecule has 1 aliphatic rings. The number of thiazole rings is 1. The predicted octanol–water partition coefficient (Wildman–Crippen LogP) is 3.20. The van der Waals surface area contributed by atoms with Crippen LogP contribution < -0.4 is 5.32 Å². The molecule has 0 radical (unpaired) electrons. The molecule has 3 atom stereocenters. The van der Waals surface area contributed by atoms with Gasteiger partial charge in [-0.05, 0) is 25.2 Å². The minimum atomic E-state index is -0.795. The van der Waals surface area contributed by atoms with Crippen LogP contribution in [0.4, 0.5) is 0 Å². The van der Waals surface area contributed by atoms with Gasteiger partial charge >= 0.3 is 0 Å². The van der Waals surface area contributed by atoms with Crippen molar-refractivity contribution < 1.29 is 9.90 Å². The van der Waals surface area contributed by atoms with Gasteiger partial charge in [0.1, 0.15) is 15.7 Å². The van der Waals surface area contributed by atoms with E-state index in [9.17, 15) is 9.90 Å². The zero-order valence-corrected chi connectivity index (χ0v) is 20.4. The lowest BCUT2D eigenvalue weighted by atomic mass is 9.87. The standard InChI is InChI=1S/C22H25ClN8O2S/c1-12(2)8-19-28-14-10-24-18(31-26-6-7-27-31)9-16(14)30(19)15-5-3-4-13(20(15)32)29-21(33)22-25-11-17(23)34-22/h6-7,9-13,15,20,32H,3-5,8H2,1-2H3,(H,29,33)/t13-,15+,20+/m0/s1. The number of fused-ring (bicyclic) bond motifs is 1. The second-order valence-electron chi connectivity index (χ2n) is 8.88. The summed E-state index contributed by atoms with van der Waals surface area (Å²) in [6.07, 6.45) is 8.63. The number of imidazole rings is 1. The van der Waals surface area contributed by atoms with Gasteiger partial charge in [0.05, 0.1) is 48.5 Å². The Morgan fingerprint density at radius 2 is 2.06 bits per heavy atom. The lowest BCUT2D eigenvalue weighted by Crippen LogP contribution is -2.49. The predicted molar refractivity (Wildman–Crippen MR) is 128 cm³/mol. The lowest BCUT2D eigenvalue weighted by Gasteiger charge is -2.37. The number of nitrogens with zero attached hydrogens (tertiary/aromatic N) is 7. The number of nitrogens with one attached hydrogen (secondary N) is 1. The molecule has 0 aromatic carbocycles. The molecule has 178 valence electrons. The minimum absolute atomic E-state index is 0.251. The van der Waals surface area contributed by atoms with Crippen LogP contribution in [-0.2, 0) is 6.42 Å². The fraction of sp³-hybridized carbons (Fsp3) is 0.455. The SMILES string of the molecule is CC(C)Cc1nc2cnc(-n3nccn3)cc2n1[C@@H]1CCC[C@H](NC(=O)c2ncc(Cl)s2)[C@H]1O. The molecule has 10 nitrogen and oxygen atoms in total. The van der Waals surface area contributed by atoms with Gasteiger partial charge in [0.25, 0.3) is 5.91 Å². The summed E-state index contributed by atoms with van der Waals surface area (Å²) in [6.45, 7) is 4.28. The fourth-order valence-corrected chi connectivity index (χ4v) is 5.36. The summed E-state index contributed by atoms with van der Waals surface area (Å²) in [7, 11) is 0. The molecule has 1 saturated carbocycles. The van der Waals surface area contributed by atoms with E-state index in [-0.39, 0.29) is 17.0 Å². The second-order valence-corrected chi connectivity index (χ2v) is 10.5. The van der Waals surface area contributed by atoms with Gasteiger partial charge < -0.3 is 15.0 Å². The summed E-state index contributed by atoms with van der Waals surface area (Å²) in [4.78, 5) is 27.5. The molecular weight excluding hydrogens is 476 g/mol. The number of aliphatic hydroxyl groups excluding tert-OH is 1. The summed E-state index contributed by atoms with van der Waals surface area (Å²) in [5.74, 6) is 1.52.